The van der Waals surface area contributed by atoms with Crippen molar-refractivity contribution in [3.8, 4) is 45.4 Å². The van der Waals surface area contributed by atoms with Crippen LogP contribution in [-0.4, -0.2) is 23.1 Å². The van der Waals surface area contributed by atoms with Crippen LogP contribution in [0.25, 0.3) is 111 Å². The lowest BCUT2D eigenvalue weighted by Crippen LogP contribution is -2.12. The summed E-state index contributed by atoms with van der Waals surface area (Å²) in [6, 6.07) is 69.7. The van der Waals surface area contributed by atoms with E-state index in [9.17, 15) is 5.26 Å². The van der Waals surface area contributed by atoms with Crippen molar-refractivity contribution in [3.05, 3.63) is 210 Å². The summed E-state index contributed by atoms with van der Waals surface area (Å²) in [5.41, 5.74) is 20.3. The fraction of sp³-hybridized carbons (Fsp3) is 0.222. The first-order valence-electron chi connectivity index (χ1n) is 27.5. The van der Waals surface area contributed by atoms with Gasteiger partial charge in [-0.3, -0.25) is 8.97 Å². The van der Waals surface area contributed by atoms with Crippen LogP contribution in [0.2, 0.25) is 0 Å². The SMILES string of the molecule is CC(C)(C)c1ccc2c(c1)c1cc(C(C)(C)C)ccc1n2-c1ccc(-n2c3ccc(-c4ccccc4)cc3n3c4cc(-c5ccccc5)ccc4nc23)c(-n2c3ccc(C(C)(C)C)cc3c3cc(C(C)(C)C)ccc32)c1C#N. The summed E-state index contributed by atoms with van der Waals surface area (Å²) < 4.78 is 9.38. The van der Waals surface area contributed by atoms with E-state index in [1.165, 1.54) is 33.0 Å². The van der Waals surface area contributed by atoms with E-state index in [-0.39, 0.29) is 21.7 Å². The number of fused-ring (bicyclic) bond motifs is 11. The highest BCUT2D eigenvalue weighted by molar-refractivity contribution is 6.12. The number of rotatable bonds is 5. The van der Waals surface area contributed by atoms with E-state index in [1.807, 2.05) is 0 Å². The first kappa shape index (κ1) is 48.9. The zero-order valence-corrected chi connectivity index (χ0v) is 47.0. The van der Waals surface area contributed by atoms with Crippen molar-refractivity contribution in [2.45, 2.75) is 105 Å². The van der Waals surface area contributed by atoms with Gasteiger partial charge in [0.1, 0.15) is 11.6 Å². The monoisotopic (exact) mass is 1010 g/mol. The molecule has 0 saturated carbocycles. The van der Waals surface area contributed by atoms with Crippen LogP contribution in [0.1, 0.15) is 111 Å². The molecule has 0 bridgehead atoms. The third-order valence-corrected chi connectivity index (χ3v) is 16.5. The third-order valence-electron chi connectivity index (χ3n) is 16.5. The highest BCUT2D eigenvalue weighted by atomic mass is 15.2. The predicted octanol–water partition coefficient (Wildman–Crippen LogP) is 19.0. The van der Waals surface area contributed by atoms with Gasteiger partial charge in [0.05, 0.1) is 61.2 Å². The number of nitrogens with zero attached hydrogens (tertiary/aromatic N) is 6. The van der Waals surface area contributed by atoms with Crippen molar-refractivity contribution in [1.82, 2.24) is 23.1 Å². The molecule has 4 aromatic heterocycles. The van der Waals surface area contributed by atoms with Crippen molar-refractivity contribution >= 4 is 71.5 Å². The zero-order chi connectivity index (χ0) is 54.4. The Hall–Kier alpha value is -8.66. The van der Waals surface area contributed by atoms with Crippen molar-refractivity contribution in [2.24, 2.45) is 0 Å². The molecule has 13 aromatic rings. The lowest BCUT2D eigenvalue weighted by Gasteiger charge is -2.22. The first-order chi connectivity index (χ1) is 37.2. The maximum Gasteiger partial charge on any atom is 0.220 e. The number of benzene rings is 9. The summed E-state index contributed by atoms with van der Waals surface area (Å²) in [6.07, 6.45) is 0. The summed E-state index contributed by atoms with van der Waals surface area (Å²) in [4.78, 5) is 5.58. The van der Waals surface area contributed by atoms with Gasteiger partial charge in [0, 0.05) is 21.5 Å². The smallest absolute Gasteiger partial charge is 0.220 e. The van der Waals surface area contributed by atoms with Crippen LogP contribution >= 0.6 is 0 Å². The molecule has 0 N–H and O–H groups in total. The molecule has 0 aliphatic rings. The maximum atomic E-state index is 12.3. The third kappa shape index (κ3) is 7.69. The van der Waals surface area contributed by atoms with Crippen LogP contribution in [0, 0.1) is 11.3 Å². The fourth-order valence-corrected chi connectivity index (χ4v) is 12.0. The second-order valence-electron chi connectivity index (χ2n) is 25.8. The van der Waals surface area contributed by atoms with Gasteiger partial charge in [-0.05, 0) is 151 Å². The van der Waals surface area contributed by atoms with Crippen LogP contribution in [0.4, 0.5) is 0 Å². The van der Waals surface area contributed by atoms with Crippen LogP contribution in [0.3, 0.4) is 0 Å². The van der Waals surface area contributed by atoms with Crippen molar-refractivity contribution in [3.63, 3.8) is 0 Å². The van der Waals surface area contributed by atoms with Crippen molar-refractivity contribution in [1.29, 1.82) is 5.26 Å². The van der Waals surface area contributed by atoms with Crippen molar-refractivity contribution in [2.75, 3.05) is 0 Å². The highest BCUT2D eigenvalue weighted by Crippen LogP contribution is 2.45. The lowest BCUT2D eigenvalue weighted by atomic mass is 9.85. The average molecular weight is 1020 g/mol. The Labute approximate surface area is 457 Å². The number of nitriles is 1. The Balaban J connectivity index is 1.21. The van der Waals surface area contributed by atoms with E-state index in [2.05, 4.69) is 289 Å². The number of hydrogen-bond acceptors (Lipinski definition) is 2. The van der Waals surface area contributed by atoms with E-state index >= 15 is 0 Å². The Morgan fingerprint density at radius 1 is 0.346 bits per heavy atom. The Morgan fingerprint density at radius 3 is 1.18 bits per heavy atom. The second kappa shape index (κ2) is 17.2. The van der Waals surface area contributed by atoms with E-state index < -0.39 is 0 Å². The number of hydrogen-bond donors (Lipinski definition) is 0. The summed E-state index contributed by atoms with van der Waals surface area (Å²) in [5, 5.41) is 17.0. The number of aromatic nitrogens is 5. The molecule has 0 fully saturated rings. The summed E-state index contributed by atoms with van der Waals surface area (Å²) in [7, 11) is 0. The molecule has 78 heavy (non-hydrogen) atoms. The van der Waals surface area contributed by atoms with Crippen LogP contribution in [0.15, 0.2) is 182 Å². The molecule has 6 heteroatoms. The molecule has 0 spiro atoms. The molecule has 0 unspecified atom stereocenters. The van der Waals surface area contributed by atoms with Gasteiger partial charge >= 0.3 is 0 Å². The summed E-state index contributed by atoms with van der Waals surface area (Å²) >= 11 is 0. The molecule has 0 aliphatic carbocycles. The molecule has 384 valence electrons. The van der Waals surface area contributed by atoms with Gasteiger partial charge in [0.25, 0.3) is 0 Å². The zero-order valence-electron chi connectivity index (χ0n) is 47.0. The van der Waals surface area contributed by atoms with E-state index in [1.54, 1.807) is 0 Å². The molecule has 4 heterocycles. The predicted molar refractivity (Wildman–Crippen MR) is 329 cm³/mol. The minimum atomic E-state index is -0.0965. The standard InChI is InChI=1S/C72H66N6/c1-69(2,3)48-25-31-58-52(39-48)53-40-49(70(4,5)6)26-32-59(53)75(58)62-35-36-64(67(56(62)43-73)76-60-33-27-50(71(7,8)9)41-54(60)55-42-51(72(10,11)12)28-34-61(55)76)77-63-30-24-47(45-21-17-14-18-22-45)38-66(63)78-65-37-46(44-19-15-13-16-20-44)23-29-57(65)74-68(77)78/h13-42H,1-12H3. The van der Waals surface area contributed by atoms with E-state index in [4.69, 9.17) is 4.98 Å². The van der Waals surface area contributed by atoms with Gasteiger partial charge in [-0.1, -0.05) is 180 Å². The maximum absolute atomic E-state index is 12.3. The Bertz CT molecular complexity index is 4490. The molecule has 0 saturated heterocycles. The van der Waals surface area contributed by atoms with Gasteiger partial charge in [0.15, 0.2) is 0 Å². The van der Waals surface area contributed by atoms with Gasteiger partial charge in [-0.2, -0.15) is 5.26 Å². The molecule has 9 aromatic carbocycles. The summed E-state index contributed by atoms with van der Waals surface area (Å²) in [6.45, 7) is 27.4. The molecule has 0 radical (unpaired) electrons. The minimum Gasteiger partial charge on any atom is -0.308 e. The minimum absolute atomic E-state index is 0.0688. The van der Waals surface area contributed by atoms with Crippen molar-refractivity contribution < 1.29 is 0 Å². The van der Waals surface area contributed by atoms with Gasteiger partial charge < -0.3 is 9.13 Å². The molecule has 0 atom stereocenters. The summed E-state index contributed by atoms with van der Waals surface area (Å²) in [5.74, 6) is 0.764. The van der Waals surface area contributed by atoms with Crippen LogP contribution in [0.5, 0.6) is 0 Å². The Morgan fingerprint density at radius 2 is 0.744 bits per heavy atom. The van der Waals surface area contributed by atoms with Gasteiger partial charge in [-0.25, -0.2) is 4.98 Å². The molecule has 0 aliphatic heterocycles. The normalized spacial score (nSPS) is 12.9. The molecular weight excluding hydrogens is 949 g/mol. The van der Waals surface area contributed by atoms with E-state index in [0.717, 1.165) is 100.0 Å². The topological polar surface area (TPSA) is 55.9 Å². The molecule has 6 nitrogen and oxygen atoms in total. The number of imidazole rings is 2. The first-order valence-corrected chi connectivity index (χ1v) is 27.5. The van der Waals surface area contributed by atoms with E-state index in [0.29, 0.717) is 5.56 Å². The van der Waals surface area contributed by atoms with Gasteiger partial charge in [0.2, 0.25) is 5.78 Å². The quantitative estimate of drug-likeness (QED) is 0.172. The molecule has 13 rings (SSSR count). The van der Waals surface area contributed by atoms with Gasteiger partial charge in [-0.15, -0.1) is 0 Å². The van der Waals surface area contributed by atoms with Crippen LogP contribution < -0.4 is 0 Å². The van der Waals surface area contributed by atoms with Crippen LogP contribution in [-0.2, 0) is 21.7 Å². The largest absolute Gasteiger partial charge is 0.308 e. The second-order valence-corrected chi connectivity index (χ2v) is 25.8. The lowest BCUT2D eigenvalue weighted by molar-refractivity contribution is 0.590. The fourth-order valence-electron chi connectivity index (χ4n) is 12.0. The molecule has 0 amide bonds. The highest BCUT2D eigenvalue weighted by Gasteiger charge is 2.30. The average Bonchev–Trinajstić information content (AvgIpc) is 4.17. The Kier molecular flexibility index (Phi) is 10.8. The molecular formula is C72H66N6.